The molecule has 2 aromatic rings. The minimum absolute atomic E-state index is 0.229. The Hall–Kier alpha value is -1.40. The zero-order valence-corrected chi connectivity index (χ0v) is 12.0. The van der Waals surface area contributed by atoms with Crippen molar-refractivity contribution in [1.29, 1.82) is 0 Å². The molecule has 0 heterocycles. The third-order valence-electron chi connectivity index (χ3n) is 2.19. The lowest BCUT2D eigenvalue weighted by Gasteiger charge is -2.00. The van der Waals surface area contributed by atoms with Gasteiger partial charge in [0.2, 0.25) is 0 Å². The number of carbonyl (C=O) groups excluding carboxylic acids is 1. The fourth-order valence-electron chi connectivity index (χ4n) is 1.26. The lowest BCUT2D eigenvalue weighted by molar-refractivity contribution is -0.386. The minimum atomic E-state index is -1.13. The van der Waals surface area contributed by atoms with E-state index >= 15 is 0 Å². The first kappa shape index (κ1) is 14.7. The van der Waals surface area contributed by atoms with Crippen molar-refractivity contribution >= 4 is 28.6 Å². The number of benzene rings is 2. The maximum Gasteiger partial charge on any atom is 0.0997 e. The van der Waals surface area contributed by atoms with Crippen LogP contribution in [0.5, 0.6) is 0 Å². The van der Waals surface area contributed by atoms with Gasteiger partial charge in [0.05, 0.1) is 12.5 Å². The van der Waals surface area contributed by atoms with E-state index in [1.165, 1.54) is 11.6 Å². The fourth-order valence-corrected chi connectivity index (χ4v) is 1.80. The SMILES string of the molecule is O=C([O-])c1cccc(I)c1.[NH3+]Cc1ccccc1. The number of aromatic carboxylic acids is 1. The van der Waals surface area contributed by atoms with E-state index in [1.54, 1.807) is 12.1 Å². The molecule has 0 amide bonds. The summed E-state index contributed by atoms with van der Waals surface area (Å²) in [4.78, 5) is 10.2. The molecule has 0 saturated carbocycles. The number of halogens is 1. The summed E-state index contributed by atoms with van der Waals surface area (Å²) >= 11 is 2.05. The highest BCUT2D eigenvalue weighted by Crippen LogP contribution is 2.06. The molecule has 0 atom stereocenters. The molecule has 0 aliphatic rings. The van der Waals surface area contributed by atoms with Crippen molar-refractivity contribution in [2.24, 2.45) is 0 Å². The summed E-state index contributed by atoms with van der Waals surface area (Å²) in [5.74, 6) is -1.13. The van der Waals surface area contributed by atoms with Crippen LogP contribution in [0.25, 0.3) is 0 Å². The van der Waals surface area contributed by atoms with Gasteiger partial charge in [-0.3, -0.25) is 0 Å². The summed E-state index contributed by atoms with van der Waals surface area (Å²) < 4.78 is 0.902. The second-order valence-electron chi connectivity index (χ2n) is 3.53. The van der Waals surface area contributed by atoms with Crippen LogP contribution < -0.4 is 10.8 Å². The first-order chi connectivity index (χ1) is 8.63. The van der Waals surface area contributed by atoms with Crippen LogP contribution in [0.4, 0.5) is 0 Å². The number of carboxylic acid groups (broad SMARTS) is 1. The van der Waals surface area contributed by atoms with E-state index in [2.05, 4.69) is 17.9 Å². The van der Waals surface area contributed by atoms with Gasteiger partial charge in [-0.15, -0.1) is 0 Å². The zero-order chi connectivity index (χ0) is 13.4. The maximum absolute atomic E-state index is 10.2. The number of rotatable bonds is 2. The largest absolute Gasteiger partial charge is 0.545 e. The Morgan fingerprint density at radius 1 is 1.11 bits per heavy atom. The molecule has 4 heteroatoms. The number of carboxylic acids is 1. The van der Waals surface area contributed by atoms with Gasteiger partial charge in [0.15, 0.2) is 0 Å². The Balaban J connectivity index is 0.000000184. The average molecular weight is 355 g/mol. The standard InChI is InChI=1S/C7H5IO2.C7H9N/c8-6-3-1-2-5(4-6)7(9)10;8-6-7-4-2-1-3-5-7/h1-4H,(H,9,10);1-5H,6,8H2. The molecule has 0 spiro atoms. The molecule has 3 nitrogen and oxygen atoms in total. The van der Waals surface area contributed by atoms with Crippen LogP contribution in [0.1, 0.15) is 15.9 Å². The predicted molar refractivity (Wildman–Crippen MR) is 76.5 cm³/mol. The van der Waals surface area contributed by atoms with Gasteiger partial charge in [0.1, 0.15) is 0 Å². The lowest BCUT2D eigenvalue weighted by atomic mass is 10.2. The quantitative estimate of drug-likeness (QED) is 0.820. The van der Waals surface area contributed by atoms with Crippen LogP contribution in [-0.4, -0.2) is 5.97 Å². The van der Waals surface area contributed by atoms with Crippen LogP contribution in [-0.2, 0) is 6.54 Å². The van der Waals surface area contributed by atoms with Gasteiger partial charge < -0.3 is 15.6 Å². The van der Waals surface area contributed by atoms with E-state index in [0.717, 1.165) is 10.1 Å². The minimum Gasteiger partial charge on any atom is -0.545 e. The van der Waals surface area contributed by atoms with E-state index in [9.17, 15) is 9.90 Å². The van der Waals surface area contributed by atoms with Crippen LogP contribution >= 0.6 is 22.6 Å². The van der Waals surface area contributed by atoms with E-state index < -0.39 is 5.97 Å². The van der Waals surface area contributed by atoms with E-state index in [1.807, 2.05) is 46.9 Å². The first-order valence-electron chi connectivity index (χ1n) is 5.43. The first-order valence-corrected chi connectivity index (χ1v) is 6.51. The monoisotopic (exact) mass is 355 g/mol. The highest BCUT2D eigenvalue weighted by atomic mass is 127. The van der Waals surface area contributed by atoms with Crippen LogP contribution in [0.2, 0.25) is 0 Å². The van der Waals surface area contributed by atoms with Crippen molar-refractivity contribution in [3.63, 3.8) is 0 Å². The lowest BCUT2D eigenvalue weighted by Crippen LogP contribution is -2.47. The second kappa shape index (κ2) is 7.84. The van der Waals surface area contributed by atoms with E-state index in [-0.39, 0.29) is 5.56 Å². The highest BCUT2D eigenvalue weighted by Gasteiger charge is 1.91. The predicted octanol–water partition coefficient (Wildman–Crippen LogP) is 1.08. The van der Waals surface area contributed by atoms with Crippen molar-refractivity contribution in [3.8, 4) is 0 Å². The molecule has 0 bridgehead atoms. The molecule has 3 N–H and O–H groups in total. The van der Waals surface area contributed by atoms with Crippen molar-refractivity contribution in [3.05, 3.63) is 69.3 Å². The maximum atomic E-state index is 10.2. The van der Waals surface area contributed by atoms with Crippen molar-refractivity contribution in [1.82, 2.24) is 0 Å². The summed E-state index contributed by atoms with van der Waals surface area (Å²) in [6.45, 7) is 0.890. The average Bonchev–Trinajstić information content (AvgIpc) is 2.40. The molecule has 94 valence electrons. The van der Waals surface area contributed by atoms with E-state index in [0.29, 0.717) is 0 Å². The molecule has 0 saturated heterocycles. The molecular formula is C14H14INO2. The number of quaternary nitrogens is 1. The van der Waals surface area contributed by atoms with E-state index in [4.69, 9.17) is 0 Å². The molecule has 0 fully saturated rings. The van der Waals surface area contributed by atoms with Crippen molar-refractivity contribution in [2.45, 2.75) is 6.54 Å². The molecule has 2 rings (SSSR count). The smallest absolute Gasteiger partial charge is 0.0997 e. The molecule has 0 unspecified atom stereocenters. The van der Waals surface area contributed by atoms with Gasteiger partial charge in [0, 0.05) is 9.13 Å². The summed E-state index contributed by atoms with van der Waals surface area (Å²) in [5, 5.41) is 10.2. The van der Waals surface area contributed by atoms with Crippen molar-refractivity contribution < 1.29 is 15.6 Å². The van der Waals surface area contributed by atoms with Crippen LogP contribution in [0.3, 0.4) is 0 Å². The third kappa shape index (κ3) is 5.29. The van der Waals surface area contributed by atoms with Crippen LogP contribution in [0, 0.1) is 3.57 Å². The van der Waals surface area contributed by atoms with Gasteiger partial charge in [-0.2, -0.15) is 0 Å². The number of hydrogen-bond donors (Lipinski definition) is 1. The van der Waals surface area contributed by atoms with Crippen LogP contribution in [0.15, 0.2) is 54.6 Å². The van der Waals surface area contributed by atoms with Gasteiger partial charge >= 0.3 is 0 Å². The van der Waals surface area contributed by atoms with Gasteiger partial charge in [-0.25, -0.2) is 0 Å². The molecule has 0 aliphatic carbocycles. The molecule has 18 heavy (non-hydrogen) atoms. The Morgan fingerprint density at radius 3 is 2.17 bits per heavy atom. The van der Waals surface area contributed by atoms with Crippen molar-refractivity contribution in [2.75, 3.05) is 0 Å². The third-order valence-corrected chi connectivity index (χ3v) is 2.86. The summed E-state index contributed by atoms with van der Waals surface area (Å²) in [6.07, 6.45) is 0. The summed E-state index contributed by atoms with van der Waals surface area (Å²) in [5.41, 5.74) is 5.28. The second-order valence-corrected chi connectivity index (χ2v) is 4.78. The molecule has 2 aromatic carbocycles. The summed E-state index contributed by atoms with van der Waals surface area (Å²) in [7, 11) is 0. The van der Waals surface area contributed by atoms with Gasteiger partial charge in [-0.05, 0) is 40.3 Å². The van der Waals surface area contributed by atoms with Gasteiger partial charge in [0.25, 0.3) is 0 Å². The Kier molecular flexibility index (Phi) is 6.38. The Bertz CT molecular complexity index is 500. The zero-order valence-electron chi connectivity index (χ0n) is 9.80. The molecule has 0 aliphatic heterocycles. The molecule has 0 aromatic heterocycles. The normalized spacial score (nSPS) is 9.22. The van der Waals surface area contributed by atoms with Gasteiger partial charge in [-0.1, -0.05) is 42.5 Å². The molecular weight excluding hydrogens is 341 g/mol. The topological polar surface area (TPSA) is 67.8 Å². The summed E-state index contributed by atoms with van der Waals surface area (Å²) in [6, 6.07) is 16.8. The molecule has 0 radical (unpaired) electrons. The number of carbonyl (C=O) groups is 1. The number of hydrogen-bond acceptors (Lipinski definition) is 2. The highest BCUT2D eigenvalue weighted by molar-refractivity contribution is 14.1. The Labute approximate surface area is 120 Å². The Morgan fingerprint density at radius 2 is 1.78 bits per heavy atom. The fraction of sp³-hybridized carbons (Fsp3) is 0.0714.